The Morgan fingerprint density at radius 3 is 2.96 bits per heavy atom. The van der Waals surface area contributed by atoms with E-state index in [-0.39, 0.29) is 12.0 Å². The lowest BCUT2D eigenvalue weighted by Gasteiger charge is -2.17. The van der Waals surface area contributed by atoms with Crippen LogP contribution in [0.2, 0.25) is 0 Å². The molecule has 0 aromatic carbocycles. The number of likely N-dealkylation sites (tertiary alicyclic amines) is 1. The summed E-state index contributed by atoms with van der Waals surface area (Å²) in [5.74, 6) is 2.07. The van der Waals surface area contributed by atoms with Gasteiger partial charge in [0, 0.05) is 52.2 Å². The number of aromatic nitrogens is 3. The molecule has 1 amide bonds. The van der Waals surface area contributed by atoms with Crippen LogP contribution in [-0.2, 0) is 22.5 Å². The Morgan fingerprint density at radius 1 is 1.32 bits per heavy atom. The fourth-order valence-corrected chi connectivity index (χ4v) is 3.61. The second kappa shape index (κ2) is 11.0. The largest absolute Gasteiger partial charge is 0.376 e. The number of carbonyl (C=O) groups excluding carboxylic acids is 1. The molecule has 1 aromatic heterocycles. The van der Waals surface area contributed by atoms with Crippen molar-refractivity contribution in [3.63, 3.8) is 0 Å². The van der Waals surface area contributed by atoms with Crippen molar-refractivity contribution in [2.45, 2.75) is 58.1 Å². The van der Waals surface area contributed by atoms with Crippen LogP contribution in [0.25, 0.3) is 0 Å². The van der Waals surface area contributed by atoms with E-state index in [4.69, 9.17) is 9.73 Å². The molecule has 0 spiro atoms. The molecule has 0 radical (unpaired) electrons. The predicted octanol–water partition coefficient (Wildman–Crippen LogP) is 0.567. The van der Waals surface area contributed by atoms with Crippen molar-refractivity contribution >= 4 is 11.9 Å². The predicted molar refractivity (Wildman–Crippen MR) is 107 cm³/mol. The number of nitrogens with zero attached hydrogens (tertiary/aromatic N) is 5. The Labute approximate surface area is 166 Å². The number of carbonyl (C=O) groups is 1. The molecule has 156 valence electrons. The van der Waals surface area contributed by atoms with Crippen LogP contribution in [0.1, 0.15) is 44.9 Å². The van der Waals surface area contributed by atoms with E-state index in [9.17, 15) is 4.79 Å². The lowest BCUT2D eigenvalue weighted by Crippen LogP contribution is -2.41. The highest BCUT2D eigenvalue weighted by Crippen LogP contribution is 2.12. The minimum atomic E-state index is 0.227. The Morgan fingerprint density at radius 2 is 2.21 bits per heavy atom. The topological polar surface area (TPSA) is 96.7 Å². The van der Waals surface area contributed by atoms with Crippen LogP contribution in [0.4, 0.5) is 0 Å². The van der Waals surface area contributed by atoms with Crippen molar-refractivity contribution in [3.8, 4) is 0 Å². The third kappa shape index (κ3) is 6.19. The van der Waals surface area contributed by atoms with E-state index in [0.717, 1.165) is 83.2 Å². The molecule has 1 unspecified atom stereocenters. The highest BCUT2D eigenvalue weighted by Gasteiger charge is 2.19. The standard InChI is InChI=1S/C19H33N7O2/c1-2-17-24-23-15-26(17)12-9-21-19(22-14-16-6-4-13-28-16)20-8-5-11-25-10-3-7-18(25)27/h15-16H,2-14H2,1H3,(H2,20,21,22). The summed E-state index contributed by atoms with van der Waals surface area (Å²) >= 11 is 0. The van der Waals surface area contributed by atoms with Crippen LogP contribution < -0.4 is 10.6 Å². The first-order valence-corrected chi connectivity index (χ1v) is 10.5. The summed E-state index contributed by atoms with van der Waals surface area (Å²) in [6.45, 7) is 7.62. The van der Waals surface area contributed by atoms with E-state index >= 15 is 0 Å². The average molecular weight is 392 g/mol. The number of ether oxygens (including phenoxy) is 1. The Balaban J connectivity index is 1.43. The van der Waals surface area contributed by atoms with Gasteiger partial charge in [0.1, 0.15) is 12.2 Å². The van der Waals surface area contributed by atoms with Gasteiger partial charge in [-0.15, -0.1) is 10.2 Å². The zero-order valence-corrected chi connectivity index (χ0v) is 16.9. The number of guanidine groups is 1. The van der Waals surface area contributed by atoms with E-state index in [1.165, 1.54) is 0 Å². The van der Waals surface area contributed by atoms with Crippen LogP contribution in [0.5, 0.6) is 0 Å². The zero-order chi connectivity index (χ0) is 19.6. The first-order chi connectivity index (χ1) is 13.8. The highest BCUT2D eigenvalue weighted by atomic mass is 16.5. The normalized spacial score (nSPS) is 20.2. The van der Waals surface area contributed by atoms with Crippen molar-refractivity contribution in [2.24, 2.45) is 4.99 Å². The van der Waals surface area contributed by atoms with Crippen LogP contribution in [0.15, 0.2) is 11.3 Å². The van der Waals surface area contributed by atoms with Gasteiger partial charge in [-0.1, -0.05) is 6.92 Å². The molecule has 2 aliphatic heterocycles. The molecule has 1 aromatic rings. The third-order valence-corrected chi connectivity index (χ3v) is 5.20. The number of amides is 1. The summed E-state index contributed by atoms with van der Waals surface area (Å²) < 4.78 is 7.73. The van der Waals surface area contributed by atoms with Crippen LogP contribution in [0, 0.1) is 0 Å². The molecule has 9 nitrogen and oxygen atoms in total. The summed E-state index contributed by atoms with van der Waals surface area (Å²) in [5.41, 5.74) is 0. The number of nitrogens with one attached hydrogen (secondary N) is 2. The summed E-state index contributed by atoms with van der Waals surface area (Å²) in [4.78, 5) is 18.4. The van der Waals surface area contributed by atoms with Gasteiger partial charge < -0.3 is 24.8 Å². The van der Waals surface area contributed by atoms with Gasteiger partial charge in [0.25, 0.3) is 0 Å². The molecule has 3 rings (SSSR count). The van der Waals surface area contributed by atoms with Gasteiger partial charge in [-0.2, -0.15) is 0 Å². The lowest BCUT2D eigenvalue weighted by atomic mass is 10.2. The van der Waals surface area contributed by atoms with Crippen molar-refractivity contribution < 1.29 is 9.53 Å². The van der Waals surface area contributed by atoms with Gasteiger partial charge in [-0.3, -0.25) is 9.79 Å². The van der Waals surface area contributed by atoms with Crippen LogP contribution in [0.3, 0.4) is 0 Å². The van der Waals surface area contributed by atoms with Crippen molar-refractivity contribution in [1.82, 2.24) is 30.3 Å². The SMILES string of the molecule is CCc1nncn1CCNC(=NCC1CCCO1)NCCCN1CCCC1=O. The molecule has 0 bridgehead atoms. The molecule has 3 heterocycles. The van der Waals surface area contributed by atoms with E-state index in [2.05, 4.69) is 32.3 Å². The van der Waals surface area contributed by atoms with Gasteiger partial charge in [-0.05, 0) is 25.7 Å². The summed E-state index contributed by atoms with van der Waals surface area (Å²) in [6.07, 6.45) is 7.67. The first kappa shape index (κ1) is 20.6. The molecule has 2 aliphatic rings. The van der Waals surface area contributed by atoms with Gasteiger partial charge in [0.15, 0.2) is 5.96 Å². The molecular weight excluding hydrogens is 358 g/mol. The minimum absolute atomic E-state index is 0.227. The molecule has 0 saturated carbocycles. The van der Waals surface area contributed by atoms with Gasteiger partial charge in [-0.25, -0.2) is 0 Å². The second-order valence-corrected chi connectivity index (χ2v) is 7.31. The van der Waals surface area contributed by atoms with Gasteiger partial charge in [0.2, 0.25) is 5.91 Å². The van der Waals surface area contributed by atoms with Crippen LogP contribution >= 0.6 is 0 Å². The molecule has 28 heavy (non-hydrogen) atoms. The second-order valence-electron chi connectivity index (χ2n) is 7.31. The number of hydrogen-bond acceptors (Lipinski definition) is 5. The number of aliphatic imine (C=N–C) groups is 1. The quantitative estimate of drug-likeness (QED) is 0.344. The molecule has 0 aliphatic carbocycles. The van der Waals surface area contributed by atoms with Crippen molar-refractivity contribution in [3.05, 3.63) is 12.2 Å². The molecule has 2 N–H and O–H groups in total. The maximum absolute atomic E-state index is 11.7. The van der Waals surface area contributed by atoms with E-state index in [1.807, 2.05) is 4.90 Å². The highest BCUT2D eigenvalue weighted by molar-refractivity contribution is 5.80. The summed E-state index contributed by atoms with van der Waals surface area (Å²) in [6, 6.07) is 0. The zero-order valence-electron chi connectivity index (χ0n) is 16.9. The summed E-state index contributed by atoms with van der Waals surface area (Å²) in [7, 11) is 0. The fraction of sp³-hybridized carbons (Fsp3) is 0.789. The molecule has 1 atom stereocenters. The molecule has 2 fully saturated rings. The molecular formula is C19H33N7O2. The Bertz CT molecular complexity index is 640. The van der Waals surface area contributed by atoms with Crippen LogP contribution in [-0.4, -0.2) is 77.0 Å². The average Bonchev–Trinajstić information content (AvgIpc) is 3.45. The number of rotatable bonds is 10. The Kier molecular flexibility index (Phi) is 8.07. The smallest absolute Gasteiger partial charge is 0.222 e. The number of hydrogen-bond donors (Lipinski definition) is 2. The van der Waals surface area contributed by atoms with Gasteiger partial charge in [0.05, 0.1) is 12.6 Å². The Hall–Kier alpha value is -2.16. The first-order valence-electron chi connectivity index (χ1n) is 10.5. The lowest BCUT2D eigenvalue weighted by molar-refractivity contribution is -0.127. The fourth-order valence-electron chi connectivity index (χ4n) is 3.61. The van der Waals surface area contributed by atoms with Crippen molar-refractivity contribution in [2.75, 3.05) is 39.3 Å². The maximum Gasteiger partial charge on any atom is 0.222 e. The number of aryl methyl sites for hydroxylation is 1. The molecule has 2 saturated heterocycles. The van der Waals surface area contributed by atoms with E-state index < -0.39 is 0 Å². The van der Waals surface area contributed by atoms with E-state index in [1.54, 1.807) is 6.33 Å². The van der Waals surface area contributed by atoms with E-state index in [0.29, 0.717) is 13.0 Å². The van der Waals surface area contributed by atoms with Gasteiger partial charge >= 0.3 is 0 Å². The molecule has 9 heteroatoms. The minimum Gasteiger partial charge on any atom is -0.376 e. The third-order valence-electron chi connectivity index (χ3n) is 5.20. The monoisotopic (exact) mass is 391 g/mol. The maximum atomic E-state index is 11.7. The van der Waals surface area contributed by atoms with Crippen molar-refractivity contribution in [1.29, 1.82) is 0 Å². The summed E-state index contributed by atoms with van der Waals surface area (Å²) in [5, 5.41) is 14.9.